The van der Waals surface area contributed by atoms with Gasteiger partial charge in [-0.1, -0.05) is 25.5 Å². The van der Waals surface area contributed by atoms with E-state index in [1.165, 1.54) is 24.3 Å². The molecule has 0 radical (unpaired) electrons. The number of nitrogens with zero attached hydrogens (tertiary/aromatic N) is 1. The first-order chi connectivity index (χ1) is 11.1. The molecule has 7 nitrogen and oxygen atoms in total. The fourth-order valence-corrected chi connectivity index (χ4v) is 2.85. The van der Waals surface area contributed by atoms with Crippen LogP contribution in [0.15, 0.2) is 35.9 Å². The van der Waals surface area contributed by atoms with E-state index in [1.807, 2.05) is 27.7 Å². The van der Waals surface area contributed by atoms with E-state index in [-0.39, 0.29) is 34.4 Å². The zero-order valence-electron chi connectivity index (χ0n) is 14.1. The lowest BCUT2D eigenvalue weighted by atomic mass is 10.1. The highest BCUT2D eigenvalue weighted by atomic mass is 16.6. The summed E-state index contributed by atoms with van der Waals surface area (Å²) in [6.45, 7) is 8.00. The van der Waals surface area contributed by atoms with E-state index in [9.17, 15) is 19.7 Å². The third-order valence-electron chi connectivity index (χ3n) is 4.35. The predicted molar refractivity (Wildman–Crippen MR) is 88.9 cm³/mol. The van der Waals surface area contributed by atoms with Crippen LogP contribution >= 0.6 is 0 Å². The van der Waals surface area contributed by atoms with Crippen LogP contribution in [0.1, 0.15) is 38.1 Å². The van der Waals surface area contributed by atoms with Gasteiger partial charge in [-0.05, 0) is 37.3 Å². The average molecular weight is 331 g/mol. The van der Waals surface area contributed by atoms with Crippen molar-refractivity contribution in [2.24, 2.45) is 17.3 Å². The average Bonchev–Trinajstić information content (AvgIpc) is 3.04. The summed E-state index contributed by atoms with van der Waals surface area (Å²) in [6, 6.07) is 5.16. The maximum Gasteiger partial charge on any atom is 0.269 e. The van der Waals surface area contributed by atoms with E-state index < -0.39 is 10.8 Å². The van der Waals surface area contributed by atoms with Gasteiger partial charge in [0.25, 0.3) is 11.6 Å². The molecule has 0 saturated heterocycles. The van der Waals surface area contributed by atoms with E-state index in [0.717, 1.165) is 5.57 Å². The number of nitro benzene ring substituents is 1. The zero-order valence-corrected chi connectivity index (χ0v) is 14.1. The van der Waals surface area contributed by atoms with E-state index in [4.69, 9.17) is 0 Å². The van der Waals surface area contributed by atoms with E-state index in [1.54, 1.807) is 0 Å². The highest BCUT2D eigenvalue weighted by Gasteiger charge is 2.60. The summed E-state index contributed by atoms with van der Waals surface area (Å²) in [5.74, 6) is -0.795. The SMILES string of the molecule is CC(C)=CC1C(C(=O)NNC(=O)c2ccc([N+](=O)[O-])cc2)C1(C)C. The number of non-ortho nitro benzene ring substituents is 1. The van der Waals surface area contributed by atoms with Crippen LogP contribution in [0.4, 0.5) is 5.69 Å². The van der Waals surface area contributed by atoms with E-state index >= 15 is 0 Å². The second-order valence-electron chi connectivity index (χ2n) is 6.82. The van der Waals surface area contributed by atoms with Gasteiger partial charge in [0.05, 0.1) is 10.8 Å². The van der Waals surface area contributed by atoms with Gasteiger partial charge in [0.2, 0.25) is 5.91 Å². The van der Waals surface area contributed by atoms with Crippen molar-refractivity contribution in [2.45, 2.75) is 27.7 Å². The number of benzene rings is 1. The van der Waals surface area contributed by atoms with Crippen molar-refractivity contribution >= 4 is 17.5 Å². The Labute approximate surface area is 140 Å². The van der Waals surface area contributed by atoms with Crippen LogP contribution in [0.5, 0.6) is 0 Å². The van der Waals surface area contributed by atoms with E-state index in [2.05, 4.69) is 16.9 Å². The monoisotopic (exact) mass is 331 g/mol. The van der Waals surface area contributed by atoms with Gasteiger partial charge in [-0.15, -0.1) is 0 Å². The number of hydrogen-bond donors (Lipinski definition) is 2. The molecule has 0 aliphatic heterocycles. The smallest absolute Gasteiger partial charge is 0.269 e. The summed E-state index contributed by atoms with van der Waals surface area (Å²) < 4.78 is 0. The number of allylic oxidation sites excluding steroid dienone is 2. The molecular weight excluding hydrogens is 310 g/mol. The summed E-state index contributed by atoms with van der Waals surface area (Å²) >= 11 is 0. The Morgan fingerprint density at radius 3 is 2.25 bits per heavy atom. The molecule has 2 amide bonds. The molecule has 2 unspecified atom stereocenters. The third kappa shape index (κ3) is 3.61. The van der Waals surface area contributed by atoms with Crippen molar-refractivity contribution in [1.29, 1.82) is 0 Å². The molecule has 0 spiro atoms. The molecule has 0 heterocycles. The maximum absolute atomic E-state index is 12.2. The first-order valence-corrected chi connectivity index (χ1v) is 7.64. The summed E-state index contributed by atoms with van der Waals surface area (Å²) in [6.07, 6.45) is 2.07. The number of rotatable bonds is 4. The van der Waals surface area contributed by atoms with Crippen molar-refractivity contribution < 1.29 is 14.5 Å². The minimum Gasteiger partial charge on any atom is -0.273 e. The largest absolute Gasteiger partial charge is 0.273 e. The lowest BCUT2D eigenvalue weighted by Gasteiger charge is -2.08. The van der Waals surface area contributed by atoms with Crippen LogP contribution in [0.3, 0.4) is 0 Å². The van der Waals surface area contributed by atoms with Crippen molar-refractivity contribution in [2.75, 3.05) is 0 Å². The minimum atomic E-state index is -0.540. The quantitative estimate of drug-likeness (QED) is 0.503. The zero-order chi connectivity index (χ0) is 18.1. The van der Waals surface area contributed by atoms with Gasteiger partial charge < -0.3 is 0 Å². The number of nitro groups is 1. The van der Waals surface area contributed by atoms with E-state index in [0.29, 0.717) is 0 Å². The summed E-state index contributed by atoms with van der Waals surface area (Å²) in [7, 11) is 0. The third-order valence-corrected chi connectivity index (χ3v) is 4.35. The number of amides is 2. The summed E-state index contributed by atoms with van der Waals surface area (Å²) in [5, 5.41) is 10.6. The molecule has 1 fully saturated rings. The second kappa shape index (κ2) is 6.43. The Bertz CT molecular complexity index is 703. The molecule has 2 N–H and O–H groups in total. The van der Waals surface area contributed by atoms with Crippen molar-refractivity contribution in [3.8, 4) is 0 Å². The van der Waals surface area contributed by atoms with Crippen molar-refractivity contribution in [1.82, 2.24) is 10.9 Å². The molecule has 1 aliphatic rings. The first kappa shape index (κ1) is 17.7. The number of carbonyl (C=O) groups excluding carboxylic acids is 2. The fourth-order valence-electron chi connectivity index (χ4n) is 2.85. The fraction of sp³-hybridized carbons (Fsp3) is 0.412. The molecule has 0 bridgehead atoms. The number of nitrogens with one attached hydrogen (secondary N) is 2. The van der Waals surface area contributed by atoms with Crippen LogP contribution in [0, 0.1) is 27.4 Å². The van der Waals surface area contributed by atoms with Crippen LogP contribution in [0.25, 0.3) is 0 Å². The molecular formula is C17H21N3O4. The molecule has 2 rings (SSSR count). The van der Waals surface area contributed by atoms with Crippen molar-refractivity contribution in [3.05, 3.63) is 51.6 Å². The number of hydrogen-bond acceptors (Lipinski definition) is 4. The van der Waals surface area contributed by atoms with Crippen LogP contribution in [0.2, 0.25) is 0 Å². The van der Waals surface area contributed by atoms with Crippen LogP contribution in [-0.2, 0) is 4.79 Å². The molecule has 1 aromatic carbocycles. The molecule has 7 heteroatoms. The molecule has 2 atom stereocenters. The van der Waals surface area contributed by atoms with Crippen LogP contribution < -0.4 is 10.9 Å². The van der Waals surface area contributed by atoms with Gasteiger partial charge in [-0.25, -0.2) is 0 Å². The minimum absolute atomic E-state index is 0.0973. The molecule has 1 saturated carbocycles. The maximum atomic E-state index is 12.2. The predicted octanol–water partition coefficient (Wildman–Crippen LogP) is 2.59. The highest BCUT2D eigenvalue weighted by molar-refractivity contribution is 5.96. The normalized spacial score (nSPS) is 20.7. The Balaban J connectivity index is 1.93. The van der Waals surface area contributed by atoms with Gasteiger partial charge in [0, 0.05) is 17.7 Å². The Kier molecular flexibility index (Phi) is 4.73. The Morgan fingerprint density at radius 1 is 1.17 bits per heavy atom. The molecule has 1 aliphatic carbocycles. The summed E-state index contributed by atoms with van der Waals surface area (Å²) in [4.78, 5) is 34.3. The van der Waals surface area contributed by atoms with Gasteiger partial charge in [-0.3, -0.25) is 30.6 Å². The standard InChI is InChI=1S/C17H21N3O4/c1-10(2)9-13-14(17(13,3)4)16(22)19-18-15(21)11-5-7-12(8-6-11)20(23)24/h5-9,13-14H,1-4H3,(H,18,21)(H,19,22). The van der Waals surface area contributed by atoms with Gasteiger partial charge in [0.1, 0.15) is 0 Å². The molecule has 128 valence electrons. The van der Waals surface area contributed by atoms with Gasteiger partial charge >= 0.3 is 0 Å². The molecule has 24 heavy (non-hydrogen) atoms. The molecule has 1 aromatic rings. The lowest BCUT2D eigenvalue weighted by molar-refractivity contribution is -0.384. The first-order valence-electron chi connectivity index (χ1n) is 7.64. The van der Waals surface area contributed by atoms with Crippen molar-refractivity contribution in [3.63, 3.8) is 0 Å². The van der Waals surface area contributed by atoms with Gasteiger partial charge in [-0.2, -0.15) is 0 Å². The van der Waals surface area contributed by atoms with Crippen LogP contribution in [-0.4, -0.2) is 16.7 Å². The summed E-state index contributed by atoms with van der Waals surface area (Å²) in [5.41, 5.74) is 5.94. The molecule has 0 aromatic heterocycles. The highest BCUT2D eigenvalue weighted by Crippen LogP contribution is 2.59. The second-order valence-corrected chi connectivity index (χ2v) is 6.82. The van der Waals surface area contributed by atoms with Gasteiger partial charge in [0.15, 0.2) is 0 Å². The topological polar surface area (TPSA) is 101 Å². The number of hydrazine groups is 1. The Morgan fingerprint density at radius 2 is 1.75 bits per heavy atom. The Hall–Kier alpha value is -2.70. The lowest BCUT2D eigenvalue weighted by Crippen LogP contribution is -2.43. The number of carbonyl (C=O) groups is 2.